The van der Waals surface area contributed by atoms with Crippen LogP contribution in [0, 0.1) is 0 Å². The van der Waals surface area contributed by atoms with Crippen LogP contribution in [-0.4, -0.2) is 28.0 Å². The summed E-state index contributed by atoms with van der Waals surface area (Å²) in [5, 5.41) is 2.68. The van der Waals surface area contributed by atoms with E-state index in [0.717, 1.165) is 6.42 Å². The van der Waals surface area contributed by atoms with Crippen molar-refractivity contribution in [3.63, 3.8) is 0 Å². The summed E-state index contributed by atoms with van der Waals surface area (Å²) in [7, 11) is -2.34. The fourth-order valence-corrected chi connectivity index (χ4v) is 3.89. The number of para-hydroxylation sites is 2. The van der Waals surface area contributed by atoms with Gasteiger partial charge in [-0.25, -0.2) is 8.42 Å². The zero-order valence-corrected chi connectivity index (χ0v) is 18.1. The number of anilines is 2. The Hall–Kier alpha value is -3.52. The topological polar surface area (TPSA) is 93.7 Å². The van der Waals surface area contributed by atoms with Gasteiger partial charge in [-0.2, -0.15) is 0 Å². The molecular formula is C23H24N2O5S. The average Bonchev–Trinajstić information content (AvgIpc) is 2.78. The van der Waals surface area contributed by atoms with Crippen molar-refractivity contribution in [3.8, 4) is 11.5 Å². The molecule has 31 heavy (non-hydrogen) atoms. The highest BCUT2D eigenvalue weighted by Gasteiger charge is 2.16. The zero-order chi connectivity index (χ0) is 22.3. The number of aryl methyl sites for hydroxylation is 1. The fraction of sp³-hybridized carbons (Fsp3) is 0.174. The number of nitrogens with one attached hydrogen (secondary N) is 2. The molecule has 0 unspecified atom stereocenters. The summed E-state index contributed by atoms with van der Waals surface area (Å²) < 4.78 is 38.4. The van der Waals surface area contributed by atoms with Crippen LogP contribution < -0.4 is 19.5 Å². The lowest BCUT2D eigenvalue weighted by Crippen LogP contribution is -2.20. The van der Waals surface area contributed by atoms with Crippen LogP contribution >= 0.6 is 0 Å². The number of methoxy groups -OCH3 is 1. The molecule has 0 fully saturated rings. The molecule has 3 aromatic rings. The highest BCUT2D eigenvalue weighted by molar-refractivity contribution is 7.92. The van der Waals surface area contributed by atoms with E-state index in [9.17, 15) is 13.2 Å². The first-order valence-corrected chi connectivity index (χ1v) is 11.2. The van der Waals surface area contributed by atoms with Crippen molar-refractivity contribution in [3.05, 3.63) is 78.4 Å². The van der Waals surface area contributed by atoms with Crippen LogP contribution in [0.5, 0.6) is 11.5 Å². The first-order valence-electron chi connectivity index (χ1n) is 9.69. The normalized spacial score (nSPS) is 10.9. The highest BCUT2D eigenvalue weighted by atomic mass is 32.2. The number of carbonyl (C=O) groups excluding carboxylic acids is 1. The first kappa shape index (κ1) is 22.2. The van der Waals surface area contributed by atoms with E-state index in [1.54, 1.807) is 24.3 Å². The summed E-state index contributed by atoms with van der Waals surface area (Å²) in [6, 6.07) is 20.1. The quantitative estimate of drug-likeness (QED) is 0.523. The van der Waals surface area contributed by atoms with Gasteiger partial charge in [0.2, 0.25) is 0 Å². The van der Waals surface area contributed by atoms with E-state index in [4.69, 9.17) is 9.47 Å². The van der Waals surface area contributed by atoms with Gasteiger partial charge in [-0.15, -0.1) is 0 Å². The molecule has 0 atom stereocenters. The number of rotatable bonds is 9. The van der Waals surface area contributed by atoms with Gasteiger partial charge in [0.25, 0.3) is 15.9 Å². The van der Waals surface area contributed by atoms with Crippen molar-refractivity contribution >= 4 is 27.3 Å². The lowest BCUT2D eigenvalue weighted by atomic mass is 10.2. The van der Waals surface area contributed by atoms with Gasteiger partial charge in [-0.05, 0) is 60.5 Å². The van der Waals surface area contributed by atoms with Crippen molar-refractivity contribution in [2.75, 3.05) is 23.8 Å². The van der Waals surface area contributed by atoms with Crippen LogP contribution in [0.3, 0.4) is 0 Å². The maximum Gasteiger partial charge on any atom is 0.262 e. The molecule has 0 heterocycles. The number of ether oxygens (including phenoxy) is 2. The number of carbonyl (C=O) groups is 1. The third-order valence-electron chi connectivity index (χ3n) is 4.50. The maximum atomic E-state index is 12.6. The van der Waals surface area contributed by atoms with Crippen molar-refractivity contribution in [2.45, 2.75) is 18.2 Å². The summed E-state index contributed by atoms with van der Waals surface area (Å²) in [6.45, 7) is 1.91. The number of hydrogen-bond acceptors (Lipinski definition) is 5. The predicted octanol–water partition coefficient (Wildman–Crippen LogP) is 4.08. The molecule has 1 amide bonds. The lowest BCUT2D eigenvalue weighted by Gasteiger charge is -2.12. The Morgan fingerprint density at radius 2 is 1.61 bits per heavy atom. The van der Waals surface area contributed by atoms with E-state index in [1.807, 2.05) is 24.3 Å². The van der Waals surface area contributed by atoms with Crippen LogP contribution in [-0.2, 0) is 21.2 Å². The summed E-state index contributed by atoms with van der Waals surface area (Å²) in [4.78, 5) is 12.2. The molecule has 2 N–H and O–H groups in total. The Balaban J connectivity index is 1.59. The molecule has 0 bridgehead atoms. The molecule has 162 valence electrons. The SMILES string of the molecule is CCc1ccc(OCC(=O)Nc2ccc(S(=O)(=O)Nc3ccccc3OC)cc2)cc1. The van der Waals surface area contributed by atoms with Gasteiger partial charge in [0.15, 0.2) is 6.61 Å². The second kappa shape index (κ2) is 9.99. The van der Waals surface area contributed by atoms with Crippen molar-refractivity contribution < 1.29 is 22.7 Å². The van der Waals surface area contributed by atoms with Gasteiger partial charge in [-0.1, -0.05) is 31.2 Å². The van der Waals surface area contributed by atoms with Gasteiger partial charge < -0.3 is 14.8 Å². The van der Waals surface area contributed by atoms with Crippen molar-refractivity contribution in [1.82, 2.24) is 0 Å². The summed E-state index contributed by atoms with van der Waals surface area (Å²) in [5.41, 5.74) is 1.99. The van der Waals surface area contributed by atoms with E-state index in [-0.39, 0.29) is 17.4 Å². The highest BCUT2D eigenvalue weighted by Crippen LogP contribution is 2.26. The molecule has 3 aromatic carbocycles. The fourth-order valence-electron chi connectivity index (χ4n) is 2.82. The Bertz CT molecular complexity index is 1130. The largest absolute Gasteiger partial charge is 0.495 e. The third-order valence-corrected chi connectivity index (χ3v) is 5.88. The second-order valence-corrected chi connectivity index (χ2v) is 8.35. The standard InChI is InChI=1S/C23H24N2O5S/c1-3-17-8-12-19(13-9-17)30-16-23(26)24-18-10-14-20(15-11-18)31(27,28)25-21-6-4-5-7-22(21)29-2/h4-15,25H,3,16H2,1-2H3,(H,24,26). The molecule has 0 aliphatic rings. The Labute approximate surface area is 182 Å². The molecule has 0 saturated carbocycles. The molecule has 8 heteroatoms. The van der Waals surface area contributed by atoms with E-state index in [1.165, 1.54) is 36.9 Å². The molecular weight excluding hydrogens is 416 g/mol. The molecule has 7 nitrogen and oxygen atoms in total. The van der Waals surface area contributed by atoms with Crippen molar-refractivity contribution in [2.24, 2.45) is 0 Å². The molecule has 3 rings (SSSR count). The molecule has 0 aliphatic carbocycles. The zero-order valence-electron chi connectivity index (χ0n) is 17.3. The number of amides is 1. The summed E-state index contributed by atoms with van der Waals surface area (Å²) in [5.74, 6) is 0.679. The first-order chi connectivity index (χ1) is 14.9. The lowest BCUT2D eigenvalue weighted by molar-refractivity contribution is -0.118. The molecule has 0 aliphatic heterocycles. The van der Waals surface area contributed by atoms with Crippen LogP contribution in [0.4, 0.5) is 11.4 Å². The van der Waals surface area contributed by atoms with Gasteiger partial charge in [-0.3, -0.25) is 9.52 Å². The second-order valence-electron chi connectivity index (χ2n) is 6.66. The van der Waals surface area contributed by atoms with Crippen molar-refractivity contribution in [1.29, 1.82) is 0 Å². The van der Waals surface area contributed by atoms with Crippen LogP contribution in [0.1, 0.15) is 12.5 Å². The monoisotopic (exact) mass is 440 g/mol. The average molecular weight is 441 g/mol. The van der Waals surface area contributed by atoms with Crippen LogP contribution in [0.25, 0.3) is 0 Å². The molecule has 0 spiro atoms. The van der Waals surface area contributed by atoms with Gasteiger partial charge in [0.05, 0.1) is 17.7 Å². The Morgan fingerprint density at radius 1 is 0.935 bits per heavy atom. The summed E-state index contributed by atoms with van der Waals surface area (Å²) in [6.07, 6.45) is 0.931. The summed E-state index contributed by atoms with van der Waals surface area (Å²) >= 11 is 0. The number of hydrogen-bond donors (Lipinski definition) is 2. The Morgan fingerprint density at radius 3 is 2.26 bits per heavy atom. The van der Waals surface area contributed by atoms with Gasteiger partial charge in [0.1, 0.15) is 11.5 Å². The van der Waals surface area contributed by atoms with Gasteiger partial charge >= 0.3 is 0 Å². The minimum Gasteiger partial charge on any atom is -0.495 e. The van der Waals surface area contributed by atoms with Gasteiger partial charge in [0, 0.05) is 5.69 Å². The smallest absolute Gasteiger partial charge is 0.262 e. The Kier molecular flexibility index (Phi) is 7.15. The minimum atomic E-state index is -3.81. The number of sulfonamides is 1. The van der Waals surface area contributed by atoms with E-state index in [2.05, 4.69) is 17.0 Å². The van der Waals surface area contributed by atoms with E-state index in [0.29, 0.717) is 22.9 Å². The predicted molar refractivity (Wildman–Crippen MR) is 120 cm³/mol. The molecule has 0 saturated heterocycles. The van der Waals surface area contributed by atoms with E-state index < -0.39 is 10.0 Å². The van der Waals surface area contributed by atoms with Crippen LogP contribution in [0.2, 0.25) is 0 Å². The molecule has 0 aromatic heterocycles. The number of benzene rings is 3. The molecule has 0 radical (unpaired) electrons. The minimum absolute atomic E-state index is 0.0590. The third kappa shape index (κ3) is 5.99. The van der Waals surface area contributed by atoms with Crippen LogP contribution in [0.15, 0.2) is 77.7 Å². The maximum absolute atomic E-state index is 12.6. The van der Waals surface area contributed by atoms with E-state index >= 15 is 0 Å².